The number of rotatable bonds is 5. The molecule has 27 heavy (non-hydrogen) atoms. The van der Waals surface area contributed by atoms with Crippen LogP contribution in [0.3, 0.4) is 0 Å². The van der Waals surface area contributed by atoms with Crippen LogP contribution >= 0.6 is 0 Å². The van der Waals surface area contributed by atoms with Crippen molar-refractivity contribution in [1.82, 2.24) is 14.7 Å². The minimum absolute atomic E-state index is 0.0228. The highest BCUT2D eigenvalue weighted by Crippen LogP contribution is 2.31. The second-order valence-electron chi connectivity index (χ2n) is 8.07. The van der Waals surface area contributed by atoms with Gasteiger partial charge in [0.05, 0.1) is 12.5 Å². The molecule has 1 saturated carbocycles. The zero-order valence-corrected chi connectivity index (χ0v) is 15.8. The summed E-state index contributed by atoms with van der Waals surface area (Å²) in [4.78, 5) is 31.5. The van der Waals surface area contributed by atoms with Gasteiger partial charge >= 0.3 is 0 Å². The van der Waals surface area contributed by atoms with Crippen LogP contribution in [-0.4, -0.2) is 71.8 Å². The van der Waals surface area contributed by atoms with E-state index in [1.165, 1.54) is 18.9 Å². The number of halogens is 1. The molecule has 1 aromatic rings. The van der Waals surface area contributed by atoms with Gasteiger partial charge < -0.3 is 9.80 Å². The van der Waals surface area contributed by atoms with Crippen LogP contribution < -0.4 is 0 Å². The number of amides is 2. The smallest absolute Gasteiger partial charge is 0.240 e. The number of hydrogen-bond acceptors (Lipinski definition) is 3. The summed E-state index contributed by atoms with van der Waals surface area (Å²) in [5.41, 5.74) is 0.449. The normalized spacial score (nSPS) is 24.3. The summed E-state index contributed by atoms with van der Waals surface area (Å²) in [6.07, 6.45) is 4.38. The van der Waals surface area contributed by atoms with Crippen molar-refractivity contribution in [1.29, 1.82) is 0 Å². The predicted octanol–water partition coefficient (Wildman–Crippen LogP) is 1.91. The first-order valence-corrected chi connectivity index (χ1v) is 10.2. The highest BCUT2D eigenvalue weighted by Gasteiger charge is 2.38. The van der Waals surface area contributed by atoms with Crippen LogP contribution in [0.4, 0.5) is 4.39 Å². The zero-order valence-electron chi connectivity index (χ0n) is 15.8. The van der Waals surface area contributed by atoms with Crippen LogP contribution in [0.1, 0.15) is 31.2 Å². The Balaban J connectivity index is 1.31. The van der Waals surface area contributed by atoms with Crippen molar-refractivity contribution >= 4 is 11.8 Å². The minimum Gasteiger partial charge on any atom is -0.341 e. The lowest BCUT2D eigenvalue weighted by Gasteiger charge is -2.26. The largest absolute Gasteiger partial charge is 0.341 e. The molecule has 0 N–H and O–H groups in total. The van der Waals surface area contributed by atoms with E-state index in [-0.39, 0.29) is 30.1 Å². The SMILES string of the molecule is O=C(Cc1ccccc1F)N1CCCN(C2CCN(CC3CC3)C2=O)CC1. The maximum absolute atomic E-state index is 13.8. The number of likely N-dealkylation sites (tertiary alicyclic amines) is 1. The standard InChI is InChI=1S/C21H28FN3O2/c22-18-5-2-1-4-17(18)14-20(26)24-10-3-9-23(12-13-24)19-8-11-25(21(19)27)15-16-6-7-16/h1-2,4-5,16,19H,3,6-15H2. The highest BCUT2D eigenvalue weighted by molar-refractivity contribution is 5.84. The van der Waals surface area contributed by atoms with Gasteiger partial charge in [-0.2, -0.15) is 0 Å². The molecule has 0 aromatic heterocycles. The van der Waals surface area contributed by atoms with Crippen molar-refractivity contribution in [2.24, 2.45) is 5.92 Å². The Hall–Kier alpha value is -1.95. The second kappa shape index (κ2) is 7.97. The van der Waals surface area contributed by atoms with Crippen LogP contribution in [0, 0.1) is 11.7 Å². The van der Waals surface area contributed by atoms with Gasteiger partial charge in [-0.15, -0.1) is 0 Å². The molecule has 2 amide bonds. The van der Waals surface area contributed by atoms with Crippen LogP contribution in [0.15, 0.2) is 24.3 Å². The Morgan fingerprint density at radius 3 is 2.63 bits per heavy atom. The van der Waals surface area contributed by atoms with E-state index in [4.69, 9.17) is 0 Å². The number of nitrogens with zero attached hydrogens (tertiary/aromatic N) is 3. The van der Waals surface area contributed by atoms with Crippen LogP contribution in [0.2, 0.25) is 0 Å². The van der Waals surface area contributed by atoms with Gasteiger partial charge in [-0.3, -0.25) is 14.5 Å². The first-order valence-electron chi connectivity index (χ1n) is 10.2. The van der Waals surface area contributed by atoms with Gasteiger partial charge in [-0.1, -0.05) is 18.2 Å². The molecule has 1 unspecified atom stereocenters. The average molecular weight is 373 g/mol. The van der Waals surface area contributed by atoms with E-state index in [2.05, 4.69) is 4.90 Å². The molecule has 4 rings (SSSR count). The second-order valence-corrected chi connectivity index (χ2v) is 8.07. The molecule has 5 nitrogen and oxygen atoms in total. The average Bonchev–Trinajstić information content (AvgIpc) is 3.44. The van der Waals surface area contributed by atoms with Crippen LogP contribution in [-0.2, 0) is 16.0 Å². The van der Waals surface area contributed by atoms with E-state index in [9.17, 15) is 14.0 Å². The van der Waals surface area contributed by atoms with E-state index in [1.807, 2.05) is 9.80 Å². The van der Waals surface area contributed by atoms with E-state index in [0.717, 1.165) is 44.9 Å². The summed E-state index contributed by atoms with van der Waals surface area (Å²) in [5.74, 6) is 0.640. The van der Waals surface area contributed by atoms with Gasteiger partial charge in [-0.05, 0) is 43.2 Å². The minimum atomic E-state index is -0.324. The van der Waals surface area contributed by atoms with Crippen LogP contribution in [0.5, 0.6) is 0 Å². The van der Waals surface area contributed by atoms with Crippen molar-refractivity contribution in [3.63, 3.8) is 0 Å². The van der Waals surface area contributed by atoms with Gasteiger partial charge in [-0.25, -0.2) is 4.39 Å². The maximum atomic E-state index is 13.8. The lowest BCUT2D eigenvalue weighted by Crippen LogP contribution is -2.44. The first kappa shape index (κ1) is 18.4. The Bertz CT molecular complexity index is 706. The molecule has 0 bridgehead atoms. The lowest BCUT2D eigenvalue weighted by atomic mass is 10.1. The Morgan fingerprint density at radius 2 is 1.85 bits per heavy atom. The Labute approximate surface area is 160 Å². The third-order valence-electron chi connectivity index (χ3n) is 6.07. The molecule has 0 spiro atoms. The van der Waals surface area contributed by atoms with Gasteiger partial charge in [0.15, 0.2) is 0 Å². The molecule has 1 atom stereocenters. The van der Waals surface area contributed by atoms with E-state index in [1.54, 1.807) is 18.2 Å². The number of hydrogen-bond donors (Lipinski definition) is 0. The molecule has 6 heteroatoms. The molecule has 3 aliphatic rings. The predicted molar refractivity (Wildman–Crippen MR) is 101 cm³/mol. The quantitative estimate of drug-likeness (QED) is 0.792. The summed E-state index contributed by atoms with van der Waals surface area (Å²) in [6.45, 7) is 4.65. The molecule has 2 aliphatic heterocycles. The third kappa shape index (κ3) is 4.32. The fourth-order valence-corrected chi connectivity index (χ4v) is 4.27. The molecule has 1 aromatic carbocycles. The molecular formula is C21H28FN3O2. The van der Waals surface area contributed by atoms with Crippen molar-refractivity contribution in [2.75, 3.05) is 39.3 Å². The fourth-order valence-electron chi connectivity index (χ4n) is 4.27. The van der Waals surface area contributed by atoms with Gasteiger partial charge in [0, 0.05) is 39.3 Å². The molecule has 2 heterocycles. The maximum Gasteiger partial charge on any atom is 0.240 e. The number of carbonyl (C=O) groups is 2. The summed E-state index contributed by atoms with van der Waals surface area (Å²) in [7, 11) is 0. The van der Waals surface area contributed by atoms with Crippen molar-refractivity contribution in [3.8, 4) is 0 Å². The first-order chi connectivity index (χ1) is 13.1. The zero-order chi connectivity index (χ0) is 18.8. The molecule has 146 valence electrons. The van der Waals surface area contributed by atoms with E-state index >= 15 is 0 Å². The highest BCUT2D eigenvalue weighted by atomic mass is 19.1. The molecule has 1 aliphatic carbocycles. The van der Waals surface area contributed by atoms with E-state index in [0.29, 0.717) is 18.7 Å². The Kier molecular flexibility index (Phi) is 5.43. The topological polar surface area (TPSA) is 43.9 Å². The molecular weight excluding hydrogens is 345 g/mol. The summed E-state index contributed by atoms with van der Waals surface area (Å²) >= 11 is 0. The summed E-state index contributed by atoms with van der Waals surface area (Å²) in [5, 5.41) is 0. The van der Waals surface area contributed by atoms with Gasteiger partial charge in [0.1, 0.15) is 5.82 Å². The molecule has 2 saturated heterocycles. The Morgan fingerprint density at radius 1 is 1.04 bits per heavy atom. The van der Waals surface area contributed by atoms with Crippen LogP contribution in [0.25, 0.3) is 0 Å². The van der Waals surface area contributed by atoms with Gasteiger partial charge in [0.25, 0.3) is 0 Å². The number of benzene rings is 1. The van der Waals surface area contributed by atoms with E-state index < -0.39 is 0 Å². The molecule has 0 radical (unpaired) electrons. The lowest BCUT2D eigenvalue weighted by molar-refractivity contribution is -0.132. The summed E-state index contributed by atoms with van der Waals surface area (Å²) < 4.78 is 13.8. The van der Waals surface area contributed by atoms with Crippen molar-refractivity contribution in [3.05, 3.63) is 35.6 Å². The third-order valence-corrected chi connectivity index (χ3v) is 6.07. The molecule has 3 fully saturated rings. The summed E-state index contributed by atoms with van der Waals surface area (Å²) in [6, 6.07) is 6.44. The number of carbonyl (C=O) groups excluding carboxylic acids is 2. The van der Waals surface area contributed by atoms with Gasteiger partial charge in [0.2, 0.25) is 11.8 Å². The van der Waals surface area contributed by atoms with Crippen molar-refractivity contribution < 1.29 is 14.0 Å². The monoisotopic (exact) mass is 373 g/mol. The van der Waals surface area contributed by atoms with Crippen molar-refractivity contribution in [2.45, 2.75) is 38.1 Å². The fraction of sp³-hybridized carbons (Fsp3) is 0.619.